The van der Waals surface area contributed by atoms with Crippen molar-refractivity contribution in [3.63, 3.8) is 0 Å². The molecule has 7 nitrogen and oxygen atoms in total. The lowest BCUT2D eigenvalue weighted by Gasteiger charge is -2.11. The molecule has 10 heteroatoms. The summed E-state index contributed by atoms with van der Waals surface area (Å²) in [7, 11) is -4.42. The Morgan fingerprint density at radius 2 is 1.73 bits per heavy atom. The van der Waals surface area contributed by atoms with Gasteiger partial charge in [0.1, 0.15) is 11.6 Å². The van der Waals surface area contributed by atoms with Crippen LogP contribution < -0.4 is 10.0 Å². The smallest absolute Gasteiger partial charge is 0.246 e. The van der Waals surface area contributed by atoms with Crippen LogP contribution in [0.25, 0.3) is 11.3 Å². The second-order valence-electron chi connectivity index (χ2n) is 6.23. The number of carbonyl (C=O) groups excluding carboxylic acids is 1. The van der Waals surface area contributed by atoms with Crippen molar-refractivity contribution in [1.82, 2.24) is 20.0 Å². The van der Waals surface area contributed by atoms with E-state index in [1.807, 2.05) is 10.8 Å². The molecule has 3 aromatic rings. The Bertz CT molecular complexity index is 1120. The number of nitrogens with one attached hydrogen (secondary N) is 2. The number of carbonyl (C=O) groups is 1. The highest BCUT2D eigenvalue weighted by molar-refractivity contribution is 7.89. The number of halogens is 2. The van der Waals surface area contributed by atoms with E-state index < -0.39 is 32.5 Å². The molecule has 156 valence electrons. The van der Waals surface area contributed by atoms with E-state index in [0.717, 1.165) is 29.3 Å². The first kappa shape index (κ1) is 21.5. The third-order valence-electron chi connectivity index (χ3n) is 4.13. The van der Waals surface area contributed by atoms with E-state index in [0.29, 0.717) is 5.69 Å². The number of hydrogen-bond acceptors (Lipinski definition) is 5. The summed E-state index contributed by atoms with van der Waals surface area (Å²) in [4.78, 5) is 19.4. The van der Waals surface area contributed by atoms with Gasteiger partial charge in [-0.15, -0.1) is 0 Å². The van der Waals surface area contributed by atoms with Gasteiger partial charge in [0.15, 0.2) is 4.90 Å². The van der Waals surface area contributed by atoms with Crippen LogP contribution >= 0.6 is 0 Å². The summed E-state index contributed by atoms with van der Waals surface area (Å²) in [5, 5.41) is 2.68. The van der Waals surface area contributed by atoms with Crippen LogP contribution in [-0.2, 0) is 21.4 Å². The average Bonchev–Trinajstić information content (AvgIpc) is 2.72. The number of nitrogens with zero attached hydrogens (tertiary/aromatic N) is 2. The Labute approximate surface area is 172 Å². The molecule has 2 heterocycles. The maximum Gasteiger partial charge on any atom is 0.246 e. The van der Waals surface area contributed by atoms with Gasteiger partial charge >= 0.3 is 0 Å². The molecule has 0 aliphatic heterocycles. The molecule has 0 aliphatic rings. The van der Waals surface area contributed by atoms with Gasteiger partial charge in [0, 0.05) is 43.7 Å². The van der Waals surface area contributed by atoms with Crippen molar-refractivity contribution in [2.75, 3.05) is 6.54 Å². The summed E-state index contributed by atoms with van der Waals surface area (Å²) < 4.78 is 53.6. The summed E-state index contributed by atoms with van der Waals surface area (Å²) in [6, 6.07) is 9.91. The Kier molecular flexibility index (Phi) is 6.80. The van der Waals surface area contributed by atoms with E-state index in [1.54, 1.807) is 36.8 Å². The first-order valence-corrected chi connectivity index (χ1v) is 10.4. The molecule has 0 spiro atoms. The van der Waals surface area contributed by atoms with Gasteiger partial charge in [0.25, 0.3) is 0 Å². The second kappa shape index (κ2) is 9.51. The molecule has 30 heavy (non-hydrogen) atoms. The summed E-state index contributed by atoms with van der Waals surface area (Å²) in [6.45, 7) is -0.143. The maximum absolute atomic E-state index is 13.7. The molecular weight excluding hydrogens is 414 g/mol. The first-order chi connectivity index (χ1) is 14.4. The Morgan fingerprint density at radius 3 is 2.43 bits per heavy atom. The monoisotopic (exact) mass is 432 g/mol. The molecule has 0 saturated heterocycles. The molecule has 0 aliphatic carbocycles. The zero-order chi connectivity index (χ0) is 21.6. The van der Waals surface area contributed by atoms with Crippen LogP contribution in [0.15, 0.2) is 66.0 Å². The van der Waals surface area contributed by atoms with Gasteiger partial charge in [-0.1, -0.05) is 12.1 Å². The SMILES string of the molecule is O=C(CCNS(=O)(=O)c1c(F)cccc1F)NCc1cccnc1-c1cccnc1. The average molecular weight is 432 g/mol. The number of hydrogen-bond donors (Lipinski definition) is 2. The third kappa shape index (κ3) is 5.22. The fraction of sp³-hybridized carbons (Fsp3) is 0.150. The lowest BCUT2D eigenvalue weighted by molar-refractivity contribution is -0.121. The zero-order valence-corrected chi connectivity index (χ0v) is 16.5. The first-order valence-electron chi connectivity index (χ1n) is 8.93. The number of sulfonamides is 1. The van der Waals surface area contributed by atoms with Crippen molar-refractivity contribution < 1.29 is 22.0 Å². The van der Waals surface area contributed by atoms with Crippen LogP contribution in [-0.4, -0.2) is 30.8 Å². The number of aromatic nitrogens is 2. The number of rotatable bonds is 8. The molecule has 0 bridgehead atoms. The second-order valence-corrected chi connectivity index (χ2v) is 7.93. The predicted octanol–water partition coefficient (Wildman–Crippen LogP) is 2.41. The van der Waals surface area contributed by atoms with E-state index in [2.05, 4.69) is 15.3 Å². The largest absolute Gasteiger partial charge is 0.352 e. The highest BCUT2D eigenvalue weighted by atomic mass is 32.2. The fourth-order valence-electron chi connectivity index (χ4n) is 2.74. The standard InChI is InChI=1S/C20H18F2N4O3S/c21-16-6-1-7-17(22)20(16)30(28,29)26-11-8-18(27)25-13-15-5-3-10-24-19(15)14-4-2-9-23-12-14/h1-7,9-10,12,26H,8,11,13H2,(H,25,27). The summed E-state index contributed by atoms with van der Waals surface area (Å²) in [6.07, 6.45) is 4.72. The van der Waals surface area contributed by atoms with E-state index >= 15 is 0 Å². The molecule has 1 aromatic carbocycles. The Morgan fingerprint density at radius 1 is 1.00 bits per heavy atom. The topological polar surface area (TPSA) is 101 Å². The lowest BCUT2D eigenvalue weighted by atomic mass is 10.1. The van der Waals surface area contributed by atoms with Gasteiger partial charge in [0.05, 0.1) is 5.69 Å². The van der Waals surface area contributed by atoms with E-state index in [9.17, 15) is 22.0 Å². The summed E-state index contributed by atoms with van der Waals surface area (Å²) >= 11 is 0. The van der Waals surface area contributed by atoms with Crippen LogP contribution in [0.1, 0.15) is 12.0 Å². The van der Waals surface area contributed by atoms with Crippen LogP contribution in [0.3, 0.4) is 0 Å². The Hall–Kier alpha value is -3.24. The van der Waals surface area contributed by atoms with Gasteiger partial charge in [-0.25, -0.2) is 21.9 Å². The van der Waals surface area contributed by atoms with Crippen molar-refractivity contribution in [2.24, 2.45) is 0 Å². The number of pyridine rings is 2. The molecule has 0 saturated carbocycles. The van der Waals surface area contributed by atoms with Crippen LogP contribution in [0.5, 0.6) is 0 Å². The quantitative estimate of drug-likeness (QED) is 0.569. The van der Waals surface area contributed by atoms with E-state index in [1.165, 1.54) is 0 Å². The van der Waals surface area contributed by atoms with Gasteiger partial charge < -0.3 is 5.32 Å². The van der Waals surface area contributed by atoms with Crippen LogP contribution in [0, 0.1) is 11.6 Å². The van der Waals surface area contributed by atoms with Crippen molar-refractivity contribution in [1.29, 1.82) is 0 Å². The molecule has 0 atom stereocenters. The molecule has 0 fully saturated rings. The van der Waals surface area contributed by atoms with Crippen molar-refractivity contribution in [3.05, 3.63) is 78.3 Å². The molecule has 0 radical (unpaired) electrons. The number of amides is 1. The molecule has 1 amide bonds. The fourth-order valence-corrected chi connectivity index (χ4v) is 3.90. The van der Waals surface area contributed by atoms with Crippen molar-refractivity contribution in [2.45, 2.75) is 17.9 Å². The van der Waals surface area contributed by atoms with E-state index in [4.69, 9.17) is 0 Å². The minimum absolute atomic E-state index is 0.172. The highest BCUT2D eigenvalue weighted by Gasteiger charge is 2.23. The van der Waals surface area contributed by atoms with Crippen LogP contribution in [0.4, 0.5) is 8.78 Å². The van der Waals surface area contributed by atoms with Gasteiger partial charge in [-0.05, 0) is 35.9 Å². The summed E-state index contributed by atoms with van der Waals surface area (Å²) in [5.74, 6) is -2.84. The normalized spacial score (nSPS) is 11.3. The summed E-state index contributed by atoms with van der Waals surface area (Å²) in [5.41, 5.74) is 2.22. The molecule has 2 N–H and O–H groups in total. The zero-order valence-electron chi connectivity index (χ0n) is 15.7. The molecule has 0 unspecified atom stereocenters. The van der Waals surface area contributed by atoms with Gasteiger partial charge in [0.2, 0.25) is 15.9 Å². The lowest BCUT2D eigenvalue weighted by Crippen LogP contribution is -2.31. The number of benzene rings is 1. The predicted molar refractivity (Wildman–Crippen MR) is 105 cm³/mol. The maximum atomic E-state index is 13.7. The van der Waals surface area contributed by atoms with Crippen LogP contribution in [0.2, 0.25) is 0 Å². The minimum atomic E-state index is -4.42. The van der Waals surface area contributed by atoms with E-state index in [-0.39, 0.29) is 19.5 Å². The van der Waals surface area contributed by atoms with Crippen molar-refractivity contribution >= 4 is 15.9 Å². The third-order valence-corrected chi connectivity index (χ3v) is 5.65. The minimum Gasteiger partial charge on any atom is -0.352 e. The van der Waals surface area contributed by atoms with Gasteiger partial charge in [-0.2, -0.15) is 0 Å². The molecule has 3 rings (SSSR count). The van der Waals surface area contributed by atoms with Crippen molar-refractivity contribution in [3.8, 4) is 11.3 Å². The highest BCUT2D eigenvalue weighted by Crippen LogP contribution is 2.20. The molecule has 2 aromatic heterocycles. The Balaban J connectivity index is 1.57. The van der Waals surface area contributed by atoms with Gasteiger partial charge in [-0.3, -0.25) is 14.8 Å². The molecular formula is C20H18F2N4O3S.